The molecule has 1 aromatic rings. The van der Waals surface area contributed by atoms with E-state index in [2.05, 4.69) is 33.3 Å². The Morgan fingerprint density at radius 3 is 2.80 bits per heavy atom. The fraction of sp³-hybridized carbons (Fsp3) is 0.667. The molecule has 2 rings (SSSR count). The van der Waals surface area contributed by atoms with Gasteiger partial charge in [-0.1, -0.05) is 19.3 Å². The maximum absolute atomic E-state index is 8.93. The predicted molar refractivity (Wildman–Crippen MR) is 79.4 cm³/mol. The Morgan fingerprint density at radius 1 is 1.30 bits per heavy atom. The summed E-state index contributed by atoms with van der Waals surface area (Å²) in [5.41, 5.74) is 0.369. The number of hydrogen-bond acceptors (Lipinski definition) is 5. The average molecular weight is 273 g/mol. The quantitative estimate of drug-likeness (QED) is 0.806. The van der Waals surface area contributed by atoms with Crippen LogP contribution in [0.2, 0.25) is 0 Å². The SMILES string of the molecule is CN(CCCNc1nccnc1C#N)C1CCCCC1. The molecule has 0 aromatic carbocycles. The first-order valence-corrected chi connectivity index (χ1v) is 7.46. The second-order valence-electron chi connectivity index (χ2n) is 5.42. The zero-order valence-corrected chi connectivity index (χ0v) is 12.2. The maximum Gasteiger partial charge on any atom is 0.182 e. The lowest BCUT2D eigenvalue weighted by Gasteiger charge is -2.31. The third-order valence-corrected chi connectivity index (χ3v) is 3.98. The molecular formula is C15H23N5. The summed E-state index contributed by atoms with van der Waals surface area (Å²) in [6, 6.07) is 2.81. The van der Waals surface area contributed by atoms with Crippen LogP contribution in [0.15, 0.2) is 12.4 Å². The Labute approximate surface area is 121 Å². The maximum atomic E-state index is 8.93. The predicted octanol–water partition coefficient (Wildman–Crippen LogP) is 2.41. The van der Waals surface area contributed by atoms with E-state index in [0.717, 1.165) is 25.6 Å². The average Bonchev–Trinajstić information content (AvgIpc) is 2.52. The summed E-state index contributed by atoms with van der Waals surface area (Å²) < 4.78 is 0. The molecule has 5 nitrogen and oxygen atoms in total. The highest BCUT2D eigenvalue weighted by molar-refractivity contribution is 5.46. The molecule has 1 heterocycles. The summed E-state index contributed by atoms with van der Waals surface area (Å²) in [7, 11) is 2.22. The van der Waals surface area contributed by atoms with Crippen LogP contribution < -0.4 is 5.32 Å². The highest BCUT2D eigenvalue weighted by atomic mass is 15.1. The molecule has 0 radical (unpaired) electrons. The van der Waals surface area contributed by atoms with Crippen LogP contribution in [0.5, 0.6) is 0 Å². The minimum absolute atomic E-state index is 0.369. The van der Waals surface area contributed by atoms with Crippen molar-refractivity contribution in [3.05, 3.63) is 18.1 Å². The number of hydrogen-bond donors (Lipinski definition) is 1. The first-order chi connectivity index (χ1) is 9.81. The van der Waals surface area contributed by atoms with Crippen molar-refractivity contribution in [2.24, 2.45) is 0 Å². The topological polar surface area (TPSA) is 64.8 Å². The van der Waals surface area contributed by atoms with Crippen LogP contribution >= 0.6 is 0 Å². The summed E-state index contributed by atoms with van der Waals surface area (Å²) in [5.74, 6) is 0.593. The minimum atomic E-state index is 0.369. The largest absolute Gasteiger partial charge is 0.368 e. The van der Waals surface area contributed by atoms with Gasteiger partial charge in [-0.25, -0.2) is 9.97 Å². The molecule has 1 N–H and O–H groups in total. The molecule has 0 unspecified atom stereocenters. The molecular weight excluding hydrogens is 250 g/mol. The Morgan fingerprint density at radius 2 is 2.05 bits per heavy atom. The van der Waals surface area contributed by atoms with E-state index in [4.69, 9.17) is 5.26 Å². The molecule has 0 amide bonds. The lowest BCUT2D eigenvalue weighted by Crippen LogP contribution is -2.34. The molecule has 108 valence electrons. The van der Waals surface area contributed by atoms with Gasteiger partial charge in [0.15, 0.2) is 11.5 Å². The van der Waals surface area contributed by atoms with Gasteiger partial charge < -0.3 is 10.2 Å². The van der Waals surface area contributed by atoms with E-state index in [9.17, 15) is 0 Å². The summed E-state index contributed by atoms with van der Waals surface area (Å²) >= 11 is 0. The standard InChI is InChI=1S/C15H23N5/c1-20(13-6-3-2-4-7-13)11-5-8-18-15-14(12-16)17-9-10-19-15/h9-10,13H,2-8,11H2,1H3,(H,18,19). The van der Waals surface area contributed by atoms with Crippen molar-refractivity contribution in [3.8, 4) is 6.07 Å². The fourth-order valence-corrected chi connectivity index (χ4v) is 2.79. The highest BCUT2D eigenvalue weighted by Gasteiger charge is 2.17. The summed E-state index contributed by atoms with van der Waals surface area (Å²) in [5, 5.41) is 12.1. The van der Waals surface area contributed by atoms with Crippen molar-refractivity contribution in [3.63, 3.8) is 0 Å². The van der Waals surface area contributed by atoms with E-state index in [1.165, 1.54) is 32.1 Å². The fourth-order valence-electron chi connectivity index (χ4n) is 2.79. The molecule has 1 aliphatic rings. The van der Waals surface area contributed by atoms with Crippen molar-refractivity contribution in [2.45, 2.75) is 44.6 Å². The van der Waals surface area contributed by atoms with Crippen molar-refractivity contribution >= 4 is 5.82 Å². The first kappa shape index (κ1) is 14.7. The van der Waals surface area contributed by atoms with E-state index in [1.807, 2.05) is 0 Å². The Hall–Kier alpha value is -1.67. The normalized spacial score (nSPS) is 16.1. The lowest BCUT2D eigenvalue weighted by molar-refractivity contribution is 0.191. The van der Waals surface area contributed by atoms with Gasteiger partial charge in [-0.05, 0) is 32.9 Å². The molecule has 0 aliphatic heterocycles. The van der Waals surface area contributed by atoms with Gasteiger partial charge in [0.2, 0.25) is 0 Å². The van der Waals surface area contributed by atoms with E-state index in [-0.39, 0.29) is 0 Å². The van der Waals surface area contributed by atoms with Crippen LogP contribution in [0.25, 0.3) is 0 Å². The second-order valence-corrected chi connectivity index (χ2v) is 5.42. The zero-order chi connectivity index (χ0) is 14.2. The molecule has 1 saturated carbocycles. The van der Waals surface area contributed by atoms with Crippen LogP contribution in [0.3, 0.4) is 0 Å². The molecule has 0 atom stereocenters. The first-order valence-electron chi connectivity index (χ1n) is 7.46. The smallest absolute Gasteiger partial charge is 0.182 e. The van der Waals surface area contributed by atoms with Gasteiger partial charge in [-0.2, -0.15) is 5.26 Å². The third-order valence-electron chi connectivity index (χ3n) is 3.98. The van der Waals surface area contributed by atoms with Gasteiger partial charge in [-0.3, -0.25) is 0 Å². The third kappa shape index (κ3) is 4.17. The van der Waals surface area contributed by atoms with E-state index >= 15 is 0 Å². The van der Waals surface area contributed by atoms with Crippen molar-refractivity contribution < 1.29 is 0 Å². The van der Waals surface area contributed by atoms with Crippen molar-refractivity contribution in [1.29, 1.82) is 5.26 Å². The zero-order valence-electron chi connectivity index (χ0n) is 12.2. The highest BCUT2D eigenvalue weighted by Crippen LogP contribution is 2.21. The molecule has 1 fully saturated rings. The Bertz CT molecular complexity index is 448. The Balaban J connectivity index is 1.69. The number of aromatic nitrogens is 2. The van der Waals surface area contributed by atoms with Crippen LogP contribution in [0, 0.1) is 11.3 Å². The van der Waals surface area contributed by atoms with Crippen LogP contribution in [0.4, 0.5) is 5.82 Å². The Kier molecular flexibility index (Phi) is 5.75. The van der Waals surface area contributed by atoms with Crippen molar-refractivity contribution in [1.82, 2.24) is 14.9 Å². The monoisotopic (exact) mass is 273 g/mol. The van der Waals surface area contributed by atoms with E-state index in [1.54, 1.807) is 12.4 Å². The number of rotatable bonds is 6. The molecule has 5 heteroatoms. The second kappa shape index (κ2) is 7.81. The molecule has 1 aliphatic carbocycles. The summed E-state index contributed by atoms with van der Waals surface area (Å²) in [4.78, 5) is 10.6. The van der Waals surface area contributed by atoms with Crippen molar-refractivity contribution in [2.75, 3.05) is 25.5 Å². The molecule has 0 bridgehead atoms. The van der Waals surface area contributed by atoms with Crippen LogP contribution in [-0.4, -0.2) is 41.0 Å². The van der Waals surface area contributed by atoms with Gasteiger partial charge in [0.1, 0.15) is 6.07 Å². The molecule has 1 aromatic heterocycles. The van der Waals surface area contributed by atoms with Gasteiger partial charge in [-0.15, -0.1) is 0 Å². The van der Waals surface area contributed by atoms with Gasteiger partial charge in [0, 0.05) is 25.0 Å². The lowest BCUT2D eigenvalue weighted by atomic mass is 9.94. The molecule has 0 spiro atoms. The van der Waals surface area contributed by atoms with Crippen LogP contribution in [-0.2, 0) is 0 Å². The van der Waals surface area contributed by atoms with E-state index in [0.29, 0.717) is 11.5 Å². The molecule has 20 heavy (non-hydrogen) atoms. The minimum Gasteiger partial charge on any atom is -0.368 e. The summed E-state index contributed by atoms with van der Waals surface area (Å²) in [6.07, 6.45) is 11.0. The number of anilines is 1. The number of nitrogens with one attached hydrogen (secondary N) is 1. The molecule has 0 saturated heterocycles. The van der Waals surface area contributed by atoms with Gasteiger partial charge in [0.05, 0.1) is 0 Å². The van der Waals surface area contributed by atoms with Gasteiger partial charge in [0.25, 0.3) is 0 Å². The van der Waals surface area contributed by atoms with Crippen LogP contribution in [0.1, 0.15) is 44.2 Å². The van der Waals surface area contributed by atoms with Gasteiger partial charge >= 0.3 is 0 Å². The van der Waals surface area contributed by atoms with E-state index < -0.39 is 0 Å². The summed E-state index contributed by atoms with van der Waals surface area (Å²) in [6.45, 7) is 1.91. The number of nitriles is 1. The number of nitrogens with zero attached hydrogens (tertiary/aromatic N) is 4.